The van der Waals surface area contributed by atoms with E-state index in [-0.39, 0.29) is 0 Å². The normalized spacial score (nSPS) is 9.50. The van der Waals surface area contributed by atoms with Crippen molar-refractivity contribution in [3.8, 4) is 12.3 Å². The molecule has 0 aliphatic carbocycles. The minimum atomic E-state index is 0.721. The molecular weight excluding hydrogens is 170 g/mol. The van der Waals surface area contributed by atoms with Crippen molar-refractivity contribution in [3.05, 3.63) is 29.8 Å². The summed E-state index contributed by atoms with van der Waals surface area (Å²) in [6.45, 7) is 6.42. The second-order valence-electron chi connectivity index (χ2n) is 3.22. The molecule has 0 aliphatic heterocycles. The SMILES string of the molecule is C#CCc1ccc(N(CC)CC)cc1. The molecule has 1 nitrogen and oxygen atoms in total. The fourth-order valence-electron chi connectivity index (χ4n) is 1.53. The number of anilines is 1. The van der Waals surface area contributed by atoms with Crippen molar-refractivity contribution in [2.75, 3.05) is 18.0 Å². The summed E-state index contributed by atoms with van der Waals surface area (Å²) in [6, 6.07) is 8.49. The van der Waals surface area contributed by atoms with Gasteiger partial charge in [0, 0.05) is 25.2 Å². The first-order chi connectivity index (χ1) is 6.81. The van der Waals surface area contributed by atoms with Crippen molar-refractivity contribution in [1.29, 1.82) is 0 Å². The third kappa shape index (κ3) is 2.53. The maximum absolute atomic E-state index is 5.25. The van der Waals surface area contributed by atoms with Crippen LogP contribution in [0.1, 0.15) is 19.4 Å². The van der Waals surface area contributed by atoms with Gasteiger partial charge in [0.1, 0.15) is 0 Å². The van der Waals surface area contributed by atoms with Gasteiger partial charge < -0.3 is 4.90 Å². The summed E-state index contributed by atoms with van der Waals surface area (Å²) in [5, 5.41) is 0. The molecule has 74 valence electrons. The highest BCUT2D eigenvalue weighted by molar-refractivity contribution is 5.47. The molecule has 0 spiro atoms. The van der Waals surface area contributed by atoms with Crippen LogP contribution < -0.4 is 4.90 Å². The lowest BCUT2D eigenvalue weighted by atomic mass is 10.1. The lowest BCUT2D eigenvalue weighted by molar-refractivity contribution is 0.866. The van der Waals surface area contributed by atoms with E-state index < -0.39 is 0 Å². The Kier molecular flexibility index (Phi) is 4.07. The monoisotopic (exact) mass is 187 g/mol. The zero-order chi connectivity index (χ0) is 10.4. The number of hydrogen-bond acceptors (Lipinski definition) is 1. The lowest BCUT2D eigenvalue weighted by Gasteiger charge is -2.20. The van der Waals surface area contributed by atoms with E-state index in [4.69, 9.17) is 6.42 Å². The van der Waals surface area contributed by atoms with E-state index in [9.17, 15) is 0 Å². The first-order valence-corrected chi connectivity index (χ1v) is 5.09. The Hall–Kier alpha value is -1.42. The first-order valence-electron chi connectivity index (χ1n) is 5.09. The molecule has 0 N–H and O–H groups in total. The summed E-state index contributed by atoms with van der Waals surface area (Å²) >= 11 is 0. The molecule has 1 rings (SSSR count). The molecule has 0 saturated carbocycles. The highest BCUT2D eigenvalue weighted by Gasteiger charge is 2.00. The Labute approximate surface area is 86.7 Å². The average molecular weight is 187 g/mol. The van der Waals surface area contributed by atoms with E-state index in [0.717, 1.165) is 19.5 Å². The molecule has 0 radical (unpaired) electrons. The van der Waals surface area contributed by atoms with Gasteiger partial charge in [-0.1, -0.05) is 12.1 Å². The van der Waals surface area contributed by atoms with Crippen molar-refractivity contribution in [1.82, 2.24) is 0 Å². The van der Waals surface area contributed by atoms with Crippen molar-refractivity contribution in [3.63, 3.8) is 0 Å². The number of nitrogens with zero attached hydrogens (tertiary/aromatic N) is 1. The minimum Gasteiger partial charge on any atom is -0.372 e. The largest absolute Gasteiger partial charge is 0.372 e. The van der Waals surface area contributed by atoms with Crippen molar-refractivity contribution in [2.45, 2.75) is 20.3 Å². The fraction of sp³-hybridized carbons (Fsp3) is 0.385. The summed E-state index contributed by atoms with van der Waals surface area (Å²) in [4.78, 5) is 2.32. The molecule has 0 saturated heterocycles. The number of terminal acetylenes is 1. The fourth-order valence-corrected chi connectivity index (χ4v) is 1.53. The molecule has 0 amide bonds. The van der Waals surface area contributed by atoms with E-state index in [2.05, 4.69) is 48.9 Å². The van der Waals surface area contributed by atoms with Gasteiger partial charge in [0.2, 0.25) is 0 Å². The molecule has 0 heterocycles. The molecule has 0 bridgehead atoms. The molecule has 0 atom stereocenters. The van der Waals surface area contributed by atoms with Crippen molar-refractivity contribution in [2.24, 2.45) is 0 Å². The Morgan fingerprint density at radius 2 is 1.71 bits per heavy atom. The number of benzene rings is 1. The van der Waals surface area contributed by atoms with E-state index >= 15 is 0 Å². The Balaban J connectivity index is 2.77. The third-order valence-electron chi connectivity index (χ3n) is 2.37. The second kappa shape index (κ2) is 5.34. The van der Waals surface area contributed by atoms with Crippen LogP contribution in [0.5, 0.6) is 0 Å². The predicted molar refractivity (Wildman–Crippen MR) is 62.5 cm³/mol. The highest BCUT2D eigenvalue weighted by atomic mass is 15.1. The average Bonchev–Trinajstić information content (AvgIpc) is 2.23. The lowest BCUT2D eigenvalue weighted by Crippen LogP contribution is -2.21. The maximum atomic E-state index is 5.25. The third-order valence-corrected chi connectivity index (χ3v) is 2.37. The van der Waals surface area contributed by atoms with Crippen molar-refractivity contribution < 1.29 is 0 Å². The number of hydrogen-bond donors (Lipinski definition) is 0. The van der Waals surface area contributed by atoms with E-state index in [0.29, 0.717) is 0 Å². The summed E-state index contributed by atoms with van der Waals surface area (Å²) in [6.07, 6.45) is 5.97. The zero-order valence-electron chi connectivity index (χ0n) is 8.96. The van der Waals surface area contributed by atoms with Gasteiger partial charge in [0.25, 0.3) is 0 Å². The smallest absolute Gasteiger partial charge is 0.0366 e. The van der Waals surface area contributed by atoms with Crippen LogP contribution >= 0.6 is 0 Å². The minimum absolute atomic E-state index is 0.721. The van der Waals surface area contributed by atoms with Gasteiger partial charge in [-0.3, -0.25) is 0 Å². The van der Waals surface area contributed by atoms with Gasteiger partial charge in [-0.05, 0) is 31.5 Å². The Bertz CT molecular complexity index is 301. The molecule has 0 unspecified atom stereocenters. The van der Waals surface area contributed by atoms with Gasteiger partial charge in [-0.2, -0.15) is 0 Å². The van der Waals surface area contributed by atoms with Crippen LogP contribution in [0.2, 0.25) is 0 Å². The van der Waals surface area contributed by atoms with Gasteiger partial charge in [-0.15, -0.1) is 12.3 Å². The molecule has 0 fully saturated rings. The molecule has 1 aromatic carbocycles. The van der Waals surface area contributed by atoms with E-state index in [1.54, 1.807) is 0 Å². The molecule has 0 aromatic heterocycles. The molecule has 0 aliphatic rings. The molecular formula is C13H17N. The molecule has 1 aromatic rings. The topological polar surface area (TPSA) is 3.24 Å². The van der Waals surface area contributed by atoms with Gasteiger partial charge >= 0.3 is 0 Å². The second-order valence-corrected chi connectivity index (χ2v) is 3.22. The molecule has 14 heavy (non-hydrogen) atoms. The van der Waals surface area contributed by atoms with Crippen LogP contribution in [-0.2, 0) is 6.42 Å². The van der Waals surface area contributed by atoms with Crippen LogP contribution in [0, 0.1) is 12.3 Å². The summed E-state index contributed by atoms with van der Waals surface area (Å²) in [7, 11) is 0. The zero-order valence-corrected chi connectivity index (χ0v) is 8.96. The van der Waals surface area contributed by atoms with Gasteiger partial charge in [-0.25, -0.2) is 0 Å². The Morgan fingerprint density at radius 3 is 2.14 bits per heavy atom. The van der Waals surface area contributed by atoms with Crippen LogP contribution in [0.3, 0.4) is 0 Å². The van der Waals surface area contributed by atoms with Crippen LogP contribution in [-0.4, -0.2) is 13.1 Å². The predicted octanol–water partition coefficient (Wildman–Crippen LogP) is 2.71. The van der Waals surface area contributed by atoms with Crippen LogP contribution in [0.4, 0.5) is 5.69 Å². The Morgan fingerprint density at radius 1 is 1.14 bits per heavy atom. The highest BCUT2D eigenvalue weighted by Crippen LogP contribution is 2.14. The van der Waals surface area contributed by atoms with Crippen molar-refractivity contribution >= 4 is 5.69 Å². The quantitative estimate of drug-likeness (QED) is 0.655. The number of rotatable bonds is 4. The van der Waals surface area contributed by atoms with E-state index in [1.165, 1.54) is 11.3 Å². The van der Waals surface area contributed by atoms with Crippen LogP contribution in [0.25, 0.3) is 0 Å². The first kappa shape index (κ1) is 10.7. The summed E-state index contributed by atoms with van der Waals surface area (Å²) in [5.74, 6) is 2.65. The van der Waals surface area contributed by atoms with Gasteiger partial charge in [0.15, 0.2) is 0 Å². The maximum Gasteiger partial charge on any atom is 0.0366 e. The summed E-state index contributed by atoms with van der Waals surface area (Å²) < 4.78 is 0. The van der Waals surface area contributed by atoms with E-state index in [1.807, 2.05) is 0 Å². The van der Waals surface area contributed by atoms with Crippen LogP contribution in [0.15, 0.2) is 24.3 Å². The van der Waals surface area contributed by atoms with Gasteiger partial charge in [0.05, 0.1) is 0 Å². The molecule has 1 heteroatoms. The standard InChI is InChI=1S/C13H17N/c1-4-7-12-8-10-13(11-9-12)14(5-2)6-3/h1,8-11H,5-7H2,2-3H3. The summed E-state index contributed by atoms with van der Waals surface area (Å²) in [5.41, 5.74) is 2.49.